The van der Waals surface area contributed by atoms with E-state index in [1.165, 1.54) is 12.1 Å². The molecule has 1 aliphatic carbocycles. The lowest BCUT2D eigenvalue weighted by Crippen LogP contribution is -2.52. The Kier molecular flexibility index (Phi) is 4.70. The third-order valence-corrected chi connectivity index (χ3v) is 5.64. The quantitative estimate of drug-likeness (QED) is 0.686. The van der Waals surface area contributed by atoms with Crippen LogP contribution in [0.2, 0.25) is 5.02 Å². The van der Waals surface area contributed by atoms with E-state index in [1.54, 1.807) is 18.2 Å². The van der Waals surface area contributed by atoms with Gasteiger partial charge in [-0.15, -0.1) is 0 Å². The highest BCUT2D eigenvalue weighted by Gasteiger charge is 2.43. The predicted octanol–water partition coefficient (Wildman–Crippen LogP) is 5.06. The van der Waals surface area contributed by atoms with Crippen molar-refractivity contribution in [2.24, 2.45) is 0 Å². The number of fused-ring (bicyclic) bond motifs is 2. The van der Waals surface area contributed by atoms with Gasteiger partial charge in [0.2, 0.25) is 0 Å². The first-order chi connectivity index (χ1) is 13.0. The second-order valence-electron chi connectivity index (χ2n) is 7.01. The number of anilines is 1. The predicted molar refractivity (Wildman–Crippen MR) is 101 cm³/mol. The Morgan fingerprint density at radius 1 is 1.19 bits per heavy atom. The van der Waals surface area contributed by atoms with Crippen LogP contribution in [0.5, 0.6) is 11.5 Å². The molecule has 142 valence electrons. The Morgan fingerprint density at radius 2 is 1.96 bits per heavy atom. The molecule has 1 fully saturated rings. The minimum atomic E-state index is -0.596. The Labute approximate surface area is 161 Å². The number of hydrogen-bond donors (Lipinski definition) is 3. The Morgan fingerprint density at radius 3 is 2.70 bits per heavy atom. The van der Waals surface area contributed by atoms with Crippen LogP contribution in [0.3, 0.4) is 0 Å². The summed E-state index contributed by atoms with van der Waals surface area (Å²) in [5.74, 6) is -0.160. The smallest absolute Gasteiger partial charge is 0.319 e. The molecule has 0 bridgehead atoms. The van der Waals surface area contributed by atoms with Crippen molar-refractivity contribution in [1.82, 2.24) is 5.32 Å². The Bertz CT molecular complexity index is 897. The van der Waals surface area contributed by atoms with E-state index in [4.69, 9.17) is 16.3 Å². The van der Waals surface area contributed by atoms with Gasteiger partial charge in [0.1, 0.15) is 5.75 Å². The molecule has 2 amide bonds. The summed E-state index contributed by atoms with van der Waals surface area (Å²) in [5.41, 5.74) is 0.994. The Hall–Kier alpha value is -2.31. The molecule has 1 spiro atoms. The van der Waals surface area contributed by atoms with E-state index in [2.05, 4.69) is 10.6 Å². The number of hydrogen-bond acceptors (Lipinski definition) is 3. The Balaban J connectivity index is 1.87. The van der Waals surface area contributed by atoms with Gasteiger partial charge in [0.15, 0.2) is 11.6 Å². The number of carbonyl (C=O) groups excluding carboxylic acids is 1. The van der Waals surface area contributed by atoms with Gasteiger partial charge in [-0.05, 0) is 31.0 Å². The highest BCUT2D eigenvalue weighted by atomic mass is 35.5. The number of aliphatic hydroxyl groups is 1. The number of ether oxygens (including phenoxy) is 1. The van der Waals surface area contributed by atoms with Gasteiger partial charge in [-0.3, -0.25) is 0 Å². The molecule has 2 aliphatic rings. The number of rotatable bonds is 3. The number of nitrogens with one attached hydrogen (secondary N) is 2. The van der Waals surface area contributed by atoms with Gasteiger partial charge in [0.25, 0.3) is 0 Å². The lowest BCUT2D eigenvalue weighted by Gasteiger charge is -2.43. The van der Waals surface area contributed by atoms with Crippen molar-refractivity contribution < 1.29 is 19.0 Å². The molecule has 1 aliphatic heterocycles. The zero-order chi connectivity index (χ0) is 19.0. The monoisotopic (exact) mass is 390 g/mol. The van der Waals surface area contributed by atoms with Crippen LogP contribution < -0.4 is 15.4 Å². The molecule has 0 saturated heterocycles. The number of amides is 2. The molecule has 3 N–H and O–H groups in total. The van der Waals surface area contributed by atoms with Crippen molar-refractivity contribution in [3.05, 3.63) is 52.3 Å². The third kappa shape index (κ3) is 3.13. The van der Waals surface area contributed by atoms with Crippen molar-refractivity contribution in [3.63, 3.8) is 0 Å². The molecular weight excluding hydrogens is 371 g/mol. The van der Waals surface area contributed by atoms with Crippen molar-refractivity contribution in [2.75, 3.05) is 5.32 Å². The van der Waals surface area contributed by atoms with Crippen LogP contribution in [0.15, 0.2) is 30.3 Å². The van der Waals surface area contributed by atoms with Crippen LogP contribution in [0.25, 0.3) is 0 Å². The van der Waals surface area contributed by atoms with Crippen molar-refractivity contribution in [3.8, 4) is 11.5 Å². The first-order valence-electron chi connectivity index (χ1n) is 9.02. The average molecular weight is 391 g/mol. The summed E-state index contributed by atoms with van der Waals surface area (Å²) in [6.45, 7) is -0.344. The maximum Gasteiger partial charge on any atom is 0.319 e. The van der Waals surface area contributed by atoms with Crippen LogP contribution in [0, 0.1) is 5.82 Å². The van der Waals surface area contributed by atoms with Crippen molar-refractivity contribution in [1.29, 1.82) is 0 Å². The molecule has 0 radical (unpaired) electrons. The summed E-state index contributed by atoms with van der Waals surface area (Å²) in [6, 6.07) is 7.42. The second kappa shape index (κ2) is 7.02. The van der Waals surface area contributed by atoms with Crippen molar-refractivity contribution >= 4 is 23.3 Å². The molecule has 2 aromatic rings. The molecule has 1 saturated carbocycles. The fraction of sp³-hybridized carbons (Fsp3) is 0.350. The number of benzene rings is 2. The highest BCUT2D eigenvalue weighted by Crippen LogP contribution is 2.50. The standard InChI is InChI=1S/C20H20ClFN2O3/c21-13-7-8-15(27-18-12(11-25)5-4-6-14(18)22)16-17(13)23-19(26)24-20(16)9-2-1-3-10-20/h4-8,25H,1-3,9-11H2,(H2,23,24,26). The summed E-state index contributed by atoms with van der Waals surface area (Å²) in [6.07, 6.45) is 4.54. The van der Waals surface area contributed by atoms with E-state index in [-0.39, 0.29) is 18.4 Å². The van der Waals surface area contributed by atoms with E-state index < -0.39 is 11.4 Å². The summed E-state index contributed by atoms with van der Waals surface area (Å²) in [5, 5.41) is 15.8. The van der Waals surface area contributed by atoms with Crippen molar-refractivity contribution in [2.45, 2.75) is 44.2 Å². The summed E-state index contributed by atoms with van der Waals surface area (Å²) in [4.78, 5) is 12.3. The molecule has 27 heavy (non-hydrogen) atoms. The van der Waals surface area contributed by atoms with E-state index in [9.17, 15) is 14.3 Å². The van der Waals surface area contributed by atoms with Gasteiger partial charge in [-0.1, -0.05) is 43.0 Å². The fourth-order valence-electron chi connectivity index (χ4n) is 4.10. The minimum Gasteiger partial charge on any atom is -0.453 e. The molecule has 7 heteroatoms. The number of urea groups is 1. The molecule has 5 nitrogen and oxygen atoms in total. The average Bonchev–Trinajstić information content (AvgIpc) is 2.66. The number of para-hydroxylation sites is 1. The second-order valence-corrected chi connectivity index (χ2v) is 7.41. The summed E-state index contributed by atoms with van der Waals surface area (Å²) < 4.78 is 20.3. The lowest BCUT2D eigenvalue weighted by molar-refractivity contribution is 0.206. The normalized spacial score (nSPS) is 17.8. The van der Waals surface area contributed by atoms with E-state index >= 15 is 0 Å². The molecule has 0 unspecified atom stereocenters. The number of halogens is 2. The third-order valence-electron chi connectivity index (χ3n) is 5.32. The largest absolute Gasteiger partial charge is 0.453 e. The van der Waals surface area contributed by atoms with Crippen LogP contribution >= 0.6 is 11.6 Å². The van der Waals surface area contributed by atoms with Gasteiger partial charge in [-0.25, -0.2) is 9.18 Å². The van der Waals surface area contributed by atoms with Gasteiger partial charge in [0, 0.05) is 11.1 Å². The zero-order valence-electron chi connectivity index (χ0n) is 14.6. The molecule has 2 aromatic carbocycles. The van der Waals surface area contributed by atoms with Gasteiger partial charge in [0.05, 0.1) is 22.9 Å². The SMILES string of the molecule is O=C1Nc2c(Cl)ccc(Oc3c(F)cccc3CO)c2C2(CCCCC2)N1. The van der Waals surface area contributed by atoms with Crippen LogP contribution in [-0.2, 0) is 12.1 Å². The minimum absolute atomic E-state index is 0.0209. The van der Waals surface area contributed by atoms with E-state index in [0.29, 0.717) is 22.0 Å². The summed E-state index contributed by atoms with van der Waals surface area (Å²) in [7, 11) is 0. The molecule has 1 heterocycles. The first-order valence-corrected chi connectivity index (χ1v) is 9.40. The van der Waals surface area contributed by atoms with Gasteiger partial charge >= 0.3 is 6.03 Å². The molecule has 0 aromatic heterocycles. The topological polar surface area (TPSA) is 70.6 Å². The number of carbonyl (C=O) groups is 1. The maximum absolute atomic E-state index is 14.4. The molecule has 4 rings (SSSR count). The molecule has 0 atom stereocenters. The lowest BCUT2D eigenvalue weighted by atomic mass is 9.74. The first kappa shape index (κ1) is 18.1. The number of aliphatic hydroxyl groups excluding tert-OH is 1. The summed E-state index contributed by atoms with van der Waals surface area (Å²) >= 11 is 6.36. The van der Waals surface area contributed by atoms with Gasteiger partial charge < -0.3 is 20.5 Å². The van der Waals surface area contributed by atoms with E-state index in [1.807, 2.05) is 0 Å². The molecular formula is C20H20ClFN2O3. The van der Waals surface area contributed by atoms with Crippen LogP contribution in [0.4, 0.5) is 14.9 Å². The van der Waals surface area contributed by atoms with E-state index in [0.717, 1.165) is 37.7 Å². The fourth-order valence-corrected chi connectivity index (χ4v) is 4.30. The maximum atomic E-state index is 14.4. The van der Waals surface area contributed by atoms with Crippen LogP contribution in [-0.4, -0.2) is 11.1 Å². The zero-order valence-corrected chi connectivity index (χ0v) is 15.4. The van der Waals surface area contributed by atoms with Gasteiger partial charge in [-0.2, -0.15) is 0 Å². The highest BCUT2D eigenvalue weighted by molar-refractivity contribution is 6.34. The van der Waals surface area contributed by atoms with Crippen LogP contribution in [0.1, 0.15) is 43.2 Å².